The van der Waals surface area contributed by atoms with Gasteiger partial charge in [0.25, 0.3) is 5.91 Å². The van der Waals surface area contributed by atoms with Gasteiger partial charge >= 0.3 is 0 Å². The van der Waals surface area contributed by atoms with Crippen LogP contribution in [0, 0.1) is 3.57 Å². The Kier molecular flexibility index (Phi) is 6.56. The number of amides is 1. The van der Waals surface area contributed by atoms with Crippen LogP contribution in [0.15, 0.2) is 73.1 Å². The minimum absolute atomic E-state index is 0.284. The van der Waals surface area contributed by atoms with E-state index in [-0.39, 0.29) is 5.91 Å². The number of rotatable bonds is 7. The Morgan fingerprint density at radius 2 is 1.73 bits per heavy atom. The lowest BCUT2D eigenvalue weighted by molar-refractivity contribution is 0.0232. The van der Waals surface area contributed by atoms with E-state index in [1.165, 1.54) is 0 Å². The van der Waals surface area contributed by atoms with Gasteiger partial charge in [-0.1, -0.05) is 30.3 Å². The molecule has 5 nitrogen and oxygen atoms in total. The van der Waals surface area contributed by atoms with Crippen LogP contribution in [-0.2, 0) is 18.0 Å². The van der Waals surface area contributed by atoms with Crippen molar-refractivity contribution in [2.24, 2.45) is 0 Å². The third kappa shape index (κ3) is 5.03. The van der Waals surface area contributed by atoms with Crippen molar-refractivity contribution in [1.29, 1.82) is 0 Å². The molecule has 26 heavy (non-hydrogen) atoms. The van der Waals surface area contributed by atoms with E-state index in [1.807, 2.05) is 54.6 Å². The SMILES string of the molecule is O=C(NOCc1ccccc1I)c1ccccc1NCc1ccncc1. The third-order valence-electron chi connectivity index (χ3n) is 3.75. The molecule has 132 valence electrons. The van der Waals surface area contributed by atoms with Gasteiger partial charge in [-0.2, -0.15) is 0 Å². The van der Waals surface area contributed by atoms with Gasteiger partial charge in [-0.15, -0.1) is 0 Å². The van der Waals surface area contributed by atoms with E-state index >= 15 is 0 Å². The van der Waals surface area contributed by atoms with Crippen molar-refractivity contribution in [1.82, 2.24) is 10.5 Å². The fraction of sp³-hybridized carbons (Fsp3) is 0.100. The highest BCUT2D eigenvalue weighted by molar-refractivity contribution is 14.1. The van der Waals surface area contributed by atoms with Crippen LogP contribution in [0.5, 0.6) is 0 Å². The first-order valence-electron chi connectivity index (χ1n) is 8.11. The molecule has 0 radical (unpaired) electrons. The smallest absolute Gasteiger partial charge is 0.276 e. The van der Waals surface area contributed by atoms with E-state index in [0.29, 0.717) is 18.7 Å². The van der Waals surface area contributed by atoms with Gasteiger partial charge in [-0.3, -0.25) is 14.6 Å². The van der Waals surface area contributed by atoms with E-state index < -0.39 is 0 Å². The number of pyridine rings is 1. The Morgan fingerprint density at radius 1 is 1.00 bits per heavy atom. The summed E-state index contributed by atoms with van der Waals surface area (Å²) >= 11 is 2.24. The number of anilines is 1. The van der Waals surface area contributed by atoms with Gasteiger partial charge in [0.2, 0.25) is 0 Å². The molecule has 3 rings (SSSR count). The van der Waals surface area contributed by atoms with E-state index in [1.54, 1.807) is 18.5 Å². The maximum Gasteiger partial charge on any atom is 0.276 e. The summed E-state index contributed by atoms with van der Waals surface area (Å²) in [6.45, 7) is 0.924. The minimum atomic E-state index is -0.284. The Labute approximate surface area is 165 Å². The van der Waals surface area contributed by atoms with E-state index in [9.17, 15) is 4.79 Å². The normalized spacial score (nSPS) is 10.3. The molecule has 0 aliphatic heterocycles. The van der Waals surface area contributed by atoms with Crippen LogP contribution in [0.4, 0.5) is 5.69 Å². The number of carbonyl (C=O) groups is 1. The molecule has 3 aromatic rings. The first kappa shape index (κ1) is 18.3. The summed E-state index contributed by atoms with van der Waals surface area (Å²) in [6, 6.07) is 19.1. The molecule has 1 amide bonds. The largest absolute Gasteiger partial charge is 0.380 e. The number of nitrogens with zero attached hydrogens (tertiary/aromatic N) is 1. The van der Waals surface area contributed by atoms with E-state index in [2.05, 4.69) is 38.4 Å². The van der Waals surface area contributed by atoms with E-state index in [0.717, 1.165) is 20.4 Å². The lowest BCUT2D eigenvalue weighted by Gasteiger charge is -2.12. The molecule has 0 unspecified atom stereocenters. The van der Waals surface area contributed by atoms with Crippen LogP contribution < -0.4 is 10.8 Å². The van der Waals surface area contributed by atoms with Gasteiger partial charge in [0, 0.05) is 28.2 Å². The molecule has 0 aliphatic carbocycles. The van der Waals surface area contributed by atoms with Gasteiger partial charge < -0.3 is 5.32 Å². The second-order valence-corrected chi connectivity index (χ2v) is 6.73. The first-order valence-corrected chi connectivity index (χ1v) is 9.19. The van der Waals surface area contributed by atoms with Crippen LogP contribution in [0.2, 0.25) is 0 Å². The fourth-order valence-corrected chi connectivity index (χ4v) is 2.93. The van der Waals surface area contributed by atoms with Gasteiger partial charge in [0.15, 0.2) is 0 Å². The van der Waals surface area contributed by atoms with Crippen molar-refractivity contribution in [3.63, 3.8) is 0 Å². The summed E-state index contributed by atoms with van der Waals surface area (Å²) in [5.41, 5.74) is 5.92. The Bertz CT molecular complexity index is 872. The fourth-order valence-electron chi connectivity index (χ4n) is 2.38. The van der Waals surface area contributed by atoms with Crippen LogP contribution in [0.3, 0.4) is 0 Å². The second kappa shape index (κ2) is 9.30. The summed E-state index contributed by atoms with van der Waals surface area (Å²) in [5, 5.41) is 3.28. The van der Waals surface area contributed by atoms with Gasteiger partial charge in [-0.05, 0) is 64.0 Å². The number of nitrogens with one attached hydrogen (secondary N) is 2. The number of hydroxylamine groups is 1. The number of carbonyl (C=O) groups excluding carboxylic acids is 1. The van der Waals surface area contributed by atoms with Crippen molar-refractivity contribution in [3.05, 3.63) is 93.3 Å². The summed E-state index contributed by atoms with van der Waals surface area (Å²) in [4.78, 5) is 21.9. The molecule has 0 aliphatic rings. The Hall–Kier alpha value is -2.45. The molecule has 1 aromatic heterocycles. The highest BCUT2D eigenvalue weighted by Crippen LogP contribution is 2.17. The summed E-state index contributed by atoms with van der Waals surface area (Å²) in [7, 11) is 0. The van der Waals surface area contributed by atoms with Crippen molar-refractivity contribution in [2.75, 3.05) is 5.32 Å². The number of benzene rings is 2. The zero-order chi connectivity index (χ0) is 18.2. The predicted molar refractivity (Wildman–Crippen MR) is 109 cm³/mol. The molecule has 2 aromatic carbocycles. The molecule has 0 atom stereocenters. The Morgan fingerprint density at radius 3 is 2.54 bits per heavy atom. The van der Waals surface area contributed by atoms with Gasteiger partial charge in [-0.25, -0.2) is 5.48 Å². The van der Waals surface area contributed by atoms with Crippen molar-refractivity contribution >= 4 is 34.2 Å². The number of halogens is 1. The molecule has 2 N–H and O–H groups in total. The topological polar surface area (TPSA) is 63.2 Å². The summed E-state index contributed by atoms with van der Waals surface area (Å²) < 4.78 is 1.10. The number of aromatic nitrogens is 1. The molecule has 0 saturated heterocycles. The van der Waals surface area contributed by atoms with Crippen LogP contribution in [0.25, 0.3) is 0 Å². The van der Waals surface area contributed by atoms with Gasteiger partial charge in [0.05, 0.1) is 5.56 Å². The molecular formula is C20H18IN3O2. The zero-order valence-corrected chi connectivity index (χ0v) is 16.1. The standard InChI is InChI=1S/C20H18IN3O2/c21-18-7-3-1-5-16(18)14-26-24-20(25)17-6-2-4-8-19(17)23-13-15-9-11-22-12-10-15/h1-12,23H,13-14H2,(H,24,25). The van der Waals surface area contributed by atoms with Crippen molar-refractivity contribution < 1.29 is 9.63 Å². The molecular weight excluding hydrogens is 441 g/mol. The molecule has 0 saturated carbocycles. The maximum absolute atomic E-state index is 12.5. The van der Waals surface area contributed by atoms with Crippen molar-refractivity contribution in [2.45, 2.75) is 13.2 Å². The average Bonchev–Trinajstić information content (AvgIpc) is 2.69. The summed E-state index contributed by atoms with van der Waals surface area (Å²) in [6.07, 6.45) is 3.49. The number of hydrogen-bond donors (Lipinski definition) is 2. The first-order chi connectivity index (χ1) is 12.7. The maximum atomic E-state index is 12.5. The van der Waals surface area contributed by atoms with E-state index in [4.69, 9.17) is 4.84 Å². The third-order valence-corrected chi connectivity index (χ3v) is 4.81. The zero-order valence-electron chi connectivity index (χ0n) is 14.0. The lowest BCUT2D eigenvalue weighted by Crippen LogP contribution is -2.24. The highest BCUT2D eigenvalue weighted by Gasteiger charge is 2.11. The number of hydrogen-bond acceptors (Lipinski definition) is 4. The average molecular weight is 459 g/mol. The lowest BCUT2D eigenvalue weighted by atomic mass is 10.1. The molecule has 0 bridgehead atoms. The Balaban J connectivity index is 1.59. The summed E-state index contributed by atoms with van der Waals surface area (Å²) in [5.74, 6) is -0.284. The monoisotopic (exact) mass is 459 g/mol. The molecule has 1 heterocycles. The molecule has 0 fully saturated rings. The minimum Gasteiger partial charge on any atom is -0.380 e. The quantitative estimate of drug-likeness (QED) is 0.412. The highest BCUT2D eigenvalue weighted by atomic mass is 127. The second-order valence-electron chi connectivity index (χ2n) is 5.57. The van der Waals surface area contributed by atoms with Gasteiger partial charge in [0.1, 0.15) is 6.61 Å². The number of para-hydroxylation sites is 1. The predicted octanol–water partition coefficient (Wildman–Crippen LogP) is 4.16. The molecule has 6 heteroatoms. The van der Waals surface area contributed by atoms with Crippen LogP contribution in [0.1, 0.15) is 21.5 Å². The van der Waals surface area contributed by atoms with Crippen LogP contribution >= 0.6 is 22.6 Å². The van der Waals surface area contributed by atoms with Crippen LogP contribution in [-0.4, -0.2) is 10.9 Å². The van der Waals surface area contributed by atoms with Crippen molar-refractivity contribution in [3.8, 4) is 0 Å². The molecule has 0 spiro atoms.